The quantitative estimate of drug-likeness (QED) is 0.145. The van der Waals surface area contributed by atoms with E-state index in [9.17, 15) is 13.2 Å². The number of benzene rings is 3. The van der Waals surface area contributed by atoms with Crippen LogP contribution in [0.2, 0.25) is 0 Å². The van der Waals surface area contributed by atoms with Gasteiger partial charge in [-0.05, 0) is 78.4 Å². The average Bonchev–Trinajstić information content (AvgIpc) is 3.34. The molecule has 5 nitrogen and oxygen atoms in total. The lowest BCUT2D eigenvalue weighted by atomic mass is 9.97. The molecule has 0 spiro atoms. The van der Waals surface area contributed by atoms with E-state index >= 15 is 0 Å². The number of aryl methyl sites for hydroxylation is 1. The third-order valence-corrected chi connectivity index (χ3v) is 9.10. The first-order valence-electron chi connectivity index (χ1n) is 13.2. The fourth-order valence-corrected chi connectivity index (χ4v) is 5.97. The van der Waals surface area contributed by atoms with E-state index in [0.717, 1.165) is 36.0 Å². The number of unbranched alkanes of at least 4 members (excludes halogenated alkanes) is 1. The zero-order valence-electron chi connectivity index (χ0n) is 22.1. The molecule has 3 aromatic carbocycles. The minimum Gasteiger partial charge on any atom is -0.426 e. The first-order chi connectivity index (χ1) is 18.9. The molecule has 1 unspecified atom stereocenters. The van der Waals surface area contributed by atoms with Gasteiger partial charge in [0.1, 0.15) is 5.75 Å². The molecule has 2 heterocycles. The Morgan fingerprint density at radius 1 is 0.821 bits per heavy atom. The number of hydrogen-bond donors (Lipinski definition) is 0. The number of rotatable bonds is 9. The van der Waals surface area contributed by atoms with E-state index in [1.807, 2.05) is 6.07 Å². The third kappa shape index (κ3) is 5.52. The van der Waals surface area contributed by atoms with Crippen LogP contribution in [-0.4, -0.2) is 24.0 Å². The van der Waals surface area contributed by atoms with Gasteiger partial charge in [0.2, 0.25) is 0 Å². The van der Waals surface area contributed by atoms with Crippen LogP contribution in [0.3, 0.4) is 0 Å². The first kappa shape index (κ1) is 26.4. The van der Waals surface area contributed by atoms with Crippen LogP contribution in [0.4, 0.5) is 0 Å². The Bertz CT molecular complexity index is 1690. The number of aromatic nitrogens is 1. The zero-order chi connectivity index (χ0) is 27.4. The molecule has 0 radical (unpaired) electrons. The van der Waals surface area contributed by atoms with Gasteiger partial charge in [0, 0.05) is 23.5 Å². The van der Waals surface area contributed by atoms with E-state index in [4.69, 9.17) is 4.74 Å². The molecular weight excluding hydrogens is 506 g/mol. The van der Waals surface area contributed by atoms with Gasteiger partial charge in [-0.15, -0.1) is 0 Å². The predicted octanol–water partition coefficient (Wildman–Crippen LogP) is 7.38. The van der Waals surface area contributed by atoms with Crippen LogP contribution in [-0.2, 0) is 21.1 Å². The van der Waals surface area contributed by atoms with Crippen molar-refractivity contribution in [3.63, 3.8) is 0 Å². The van der Waals surface area contributed by atoms with E-state index in [0.29, 0.717) is 5.75 Å². The van der Waals surface area contributed by atoms with Crippen molar-refractivity contribution < 1.29 is 17.9 Å². The Morgan fingerprint density at radius 2 is 1.44 bits per heavy atom. The molecule has 0 fully saturated rings. The third-order valence-electron chi connectivity index (χ3n) is 7.04. The van der Waals surface area contributed by atoms with Gasteiger partial charge in [0.05, 0.1) is 4.90 Å². The van der Waals surface area contributed by atoms with Crippen molar-refractivity contribution in [2.24, 2.45) is 0 Å². The molecular formula is C33H31NO4S. The molecule has 0 amide bonds. The maximum atomic E-state index is 13.1. The Balaban J connectivity index is 1.35. The maximum absolute atomic E-state index is 13.1. The van der Waals surface area contributed by atoms with E-state index in [1.165, 1.54) is 23.6 Å². The summed E-state index contributed by atoms with van der Waals surface area (Å²) in [6.45, 7) is 3.56. The molecule has 0 aliphatic rings. The molecule has 5 aromatic rings. The number of esters is 1. The summed E-state index contributed by atoms with van der Waals surface area (Å²) < 4.78 is 33.6. The molecule has 1 atom stereocenters. The average molecular weight is 538 g/mol. The van der Waals surface area contributed by atoms with E-state index in [-0.39, 0.29) is 4.90 Å². The van der Waals surface area contributed by atoms with Gasteiger partial charge in [-0.2, -0.15) is 0 Å². The largest absolute Gasteiger partial charge is 0.426 e. The smallest absolute Gasteiger partial charge is 0.329 e. The van der Waals surface area contributed by atoms with Crippen molar-refractivity contribution >= 4 is 21.3 Å². The van der Waals surface area contributed by atoms with Crippen LogP contribution in [0.1, 0.15) is 32.3 Å². The van der Waals surface area contributed by atoms with Crippen LogP contribution < -0.4 is 4.74 Å². The fraction of sp³-hybridized carbons (Fsp3) is 0.182. The summed E-state index contributed by atoms with van der Waals surface area (Å²) in [4.78, 5) is 12.6. The minimum absolute atomic E-state index is 0.0847. The summed E-state index contributed by atoms with van der Waals surface area (Å²) in [7, 11) is -3.90. The number of carbonyl (C=O) groups excluding carboxylic acids is 1. The monoisotopic (exact) mass is 537 g/mol. The number of ether oxygens (including phenoxy) is 1. The van der Waals surface area contributed by atoms with Crippen LogP contribution in [0.25, 0.3) is 27.8 Å². The lowest BCUT2D eigenvalue weighted by molar-refractivity contribution is -0.133. The van der Waals surface area contributed by atoms with Gasteiger partial charge in [0.25, 0.3) is 0 Å². The Morgan fingerprint density at radius 3 is 2.10 bits per heavy atom. The summed E-state index contributed by atoms with van der Waals surface area (Å²) >= 11 is 0. The van der Waals surface area contributed by atoms with Crippen molar-refractivity contribution in [2.75, 3.05) is 0 Å². The highest BCUT2D eigenvalue weighted by molar-refractivity contribution is 7.92. The maximum Gasteiger partial charge on any atom is 0.329 e. The van der Waals surface area contributed by atoms with E-state index in [1.54, 1.807) is 54.6 Å². The van der Waals surface area contributed by atoms with Gasteiger partial charge in [0.15, 0.2) is 15.1 Å². The molecule has 0 aliphatic heterocycles. The molecule has 0 saturated carbocycles. The molecule has 39 heavy (non-hydrogen) atoms. The second kappa shape index (κ2) is 11.3. The van der Waals surface area contributed by atoms with Crippen molar-refractivity contribution in [2.45, 2.75) is 43.3 Å². The number of sulfone groups is 1. The Kier molecular flexibility index (Phi) is 7.66. The highest BCUT2D eigenvalue weighted by Gasteiger charge is 2.31. The van der Waals surface area contributed by atoms with Gasteiger partial charge in [-0.3, -0.25) is 4.79 Å². The van der Waals surface area contributed by atoms with Gasteiger partial charge in [-0.25, -0.2) is 8.42 Å². The molecule has 0 aliphatic carbocycles. The van der Waals surface area contributed by atoms with E-state index in [2.05, 4.69) is 60.1 Å². The molecule has 6 heteroatoms. The van der Waals surface area contributed by atoms with Crippen molar-refractivity contribution in [3.8, 4) is 28.0 Å². The molecule has 198 valence electrons. The molecule has 0 N–H and O–H groups in total. The summed E-state index contributed by atoms with van der Waals surface area (Å²) in [5.74, 6) is -0.494. The molecule has 5 rings (SSSR count). The number of hydrogen-bond acceptors (Lipinski definition) is 4. The van der Waals surface area contributed by atoms with Gasteiger partial charge < -0.3 is 9.14 Å². The number of fused-ring (bicyclic) bond motifs is 1. The van der Waals surface area contributed by atoms with Gasteiger partial charge >= 0.3 is 5.97 Å². The van der Waals surface area contributed by atoms with Crippen molar-refractivity contribution in [3.05, 3.63) is 115 Å². The number of pyridine rings is 1. The fourth-order valence-electron chi connectivity index (χ4n) is 4.74. The minimum atomic E-state index is -3.90. The number of carbonyl (C=O) groups is 1. The lowest BCUT2D eigenvalue weighted by Crippen LogP contribution is -2.31. The molecule has 2 aromatic heterocycles. The molecule has 0 saturated heterocycles. The normalized spacial score (nSPS) is 12.4. The van der Waals surface area contributed by atoms with Crippen LogP contribution >= 0.6 is 0 Å². The van der Waals surface area contributed by atoms with Crippen LogP contribution in [0, 0.1) is 0 Å². The summed E-state index contributed by atoms with van der Waals surface area (Å²) in [5.41, 5.74) is 6.87. The first-order valence-corrected chi connectivity index (χ1v) is 14.7. The highest BCUT2D eigenvalue weighted by Crippen LogP contribution is 2.32. The van der Waals surface area contributed by atoms with Crippen molar-refractivity contribution in [1.82, 2.24) is 4.40 Å². The second-order valence-corrected chi connectivity index (χ2v) is 11.9. The summed E-state index contributed by atoms with van der Waals surface area (Å²) in [6, 6.07) is 29.8. The second-order valence-electron chi connectivity index (χ2n) is 9.64. The highest BCUT2D eigenvalue weighted by atomic mass is 32.2. The predicted molar refractivity (Wildman–Crippen MR) is 156 cm³/mol. The lowest BCUT2D eigenvalue weighted by Gasteiger charge is -2.13. The van der Waals surface area contributed by atoms with Crippen LogP contribution in [0.5, 0.6) is 5.75 Å². The summed E-state index contributed by atoms with van der Waals surface area (Å²) in [5, 5.41) is -1.33. The Labute approximate surface area is 229 Å². The van der Waals surface area contributed by atoms with Gasteiger partial charge in [-0.1, -0.05) is 74.0 Å². The summed E-state index contributed by atoms with van der Waals surface area (Å²) in [6.07, 6.45) is 7.58. The van der Waals surface area contributed by atoms with Crippen LogP contribution in [0.15, 0.2) is 114 Å². The van der Waals surface area contributed by atoms with Crippen molar-refractivity contribution in [1.29, 1.82) is 0 Å². The van der Waals surface area contributed by atoms with E-state index < -0.39 is 21.1 Å². The Hall–Kier alpha value is -4.16. The SMILES string of the molecule is CCCCc1c(-c2ccc(-c3ccc(S(=O)(=O)C(C)C(=O)Oc4ccccc4)cc3)cc2)cn2ccccc12. The molecule has 0 bridgehead atoms. The zero-order valence-corrected chi connectivity index (χ0v) is 22.9. The number of para-hydroxylation sites is 1. The standard InChI is InChI=1S/C33H31NO4S/c1-3-4-12-30-31(23-34-22-9-8-13-32(30)34)27-16-14-25(15-17-27)26-18-20-29(21-19-26)39(36,37)24(2)33(35)38-28-10-6-5-7-11-28/h5-11,13-24H,3-4,12H2,1-2H3. The topological polar surface area (TPSA) is 64.8 Å². The number of nitrogens with zero attached hydrogens (tertiary/aromatic N) is 1.